The maximum absolute atomic E-state index is 11.0. The van der Waals surface area contributed by atoms with E-state index >= 15 is 0 Å². The molecule has 1 unspecified atom stereocenters. The Morgan fingerprint density at radius 3 is 2.59 bits per heavy atom. The largest absolute Gasteiger partial charge is 0.361 e. The molecular weight excluding hydrogens is 352 g/mol. The predicted molar refractivity (Wildman–Crippen MR) is 77.5 cm³/mol. The second-order valence-electron chi connectivity index (χ2n) is 3.67. The van der Waals surface area contributed by atoms with Gasteiger partial charge in [-0.15, -0.1) is 0 Å². The van der Waals surface area contributed by atoms with Crippen LogP contribution in [0.5, 0.6) is 0 Å². The first-order valence-electron chi connectivity index (χ1n) is 4.84. The van der Waals surface area contributed by atoms with E-state index in [1.54, 1.807) is 0 Å². The maximum atomic E-state index is 11.0. The molecule has 0 spiro atoms. The molecular formula is C9H11IN5OP. The van der Waals surface area contributed by atoms with Gasteiger partial charge in [0.1, 0.15) is 5.82 Å². The number of rotatable bonds is 3. The minimum absolute atomic E-state index is 0.384. The zero-order chi connectivity index (χ0) is 12.6. The fourth-order valence-electron chi connectivity index (χ4n) is 1.54. The highest BCUT2D eigenvalue weighted by atomic mass is 127. The average Bonchev–Trinajstić information content (AvgIpc) is 2.64. The molecule has 0 aliphatic carbocycles. The van der Waals surface area contributed by atoms with Crippen LogP contribution in [0.15, 0.2) is 0 Å². The van der Waals surface area contributed by atoms with Gasteiger partial charge in [-0.3, -0.25) is 9.13 Å². The zero-order valence-electron chi connectivity index (χ0n) is 9.60. The van der Waals surface area contributed by atoms with E-state index in [1.165, 1.54) is 0 Å². The van der Waals surface area contributed by atoms with Gasteiger partial charge in [-0.05, 0) is 29.0 Å². The summed E-state index contributed by atoms with van der Waals surface area (Å²) in [6.45, 7) is 1.83. The van der Waals surface area contributed by atoms with Crippen molar-refractivity contribution in [2.45, 2.75) is 6.92 Å². The summed E-state index contributed by atoms with van der Waals surface area (Å²) in [6.07, 6.45) is 1.14. The number of halogens is 1. The molecule has 0 aliphatic rings. The summed E-state index contributed by atoms with van der Waals surface area (Å²) in [4.78, 5) is 25.9. The number of aldehydes is 1. The van der Waals surface area contributed by atoms with Crippen molar-refractivity contribution in [2.24, 2.45) is 0 Å². The van der Waals surface area contributed by atoms with E-state index in [9.17, 15) is 4.79 Å². The summed E-state index contributed by atoms with van der Waals surface area (Å²) < 4.78 is 1.81. The van der Waals surface area contributed by atoms with Crippen molar-refractivity contribution in [2.75, 3.05) is 19.0 Å². The van der Waals surface area contributed by atoms with Crippen molar-refractivity contribution in [3.8, 4) is 0 Å². The van der Waals surface area contributed by atoms with Gasteiger partial charge in [0, 0.05) is 14.1 Å². The van der Waals surface area contributed by atoms with Crippen LogP contribution in [-0.4, -0.2) is 39.7 Å². The SMILES string of the molecule is Cc1nc(N(C)C)c2nc(C=O)n(PI)c2n1. The van der Waals surface area contributed by atoms with E-state index in [-0.39, 0.29) is 0 Å². The highest BCUT2D eigenvalue weighted by Gasteiger charge is 2.17. The summed E-state index contributed by atoms with van der Waals surface area (Å²) in [5.74, 6) is 1.81. The molecule has 0 N–H and O–H groups in total. The van der Waals surface area contributed by atoms with Gasteiger partial charge in [-0.1, -0.05) is 0 Å². The molecule has 8 heteroatoms. The number of carbonyl (C=O) groups is 1. The molecule has 0 radical (unpaired) electrons. The Morgan fingerprint density at radius 2 is 2.06 bits per heavy atom. The second-order valence-corrected chi connectivity index (χ2v) is 5.73. The minimum Gasteiger partial charge on any atom is -0.361 e. The summed E-state index contributed by atoms with van der Waals surface area (Å²) >= 11 is 2.21. The number of nitrogens with zero attached hydrogens (tertiary/aromatic N) is 5. The van der Waals surface area contributed by atoms with Crippen LogP contribution in [-0.2, 0) is 0 Å². The lowest BCUT2D eigenvalue weighted by molar-refractivity contribution is 0.111. The van der Waals surface area contributed by atoms with Gasteiger partial charge in [0.15, 0.2) is 29.1 Å². The Morgan fingerprint density at radius 1 is 1.35 bits per heavy atom. The van der Waals surface area contributed by atoms with Gasteiger partial charge >= 0.3 is 0 Å². The number of hydrogen-bond acceptors (Lipinski definition) is 5. The molecule has 0 aliphatic heterocycles. The van der Waals surface area contributed by atoms with E-state index in [0.717, 1.165) is 17.8 Å². The summed E-state index contributed by atoms with van der Waals surface area (Å²) in [5.41, 5.74) is 1.39. The molecule has 17 heavy (non-hydrogen) atoms. The van der Waals surface area contributed by atoms with Gasteiger partial charge in [-0.2, -0.15) is 0 Å². The molecule has 2 rings (SSSR count). The summed E-state index contributed by atoms with van der Waals surface area (Å²) in [5, 5.41) is 0. The zero-order valence-corrected chi connectivity index (χ0v) is 12.8. The molecule has 6 nitrogen and oxygen atoms in total. The molecule has 2 aromatic rings. The van der Waals surface area contributed by atoms with Crippen LogP contribution in [0.25, 0.3) is 11.2 Å². The van der Waals surface area contributed by atoms with Crippen molar-refractivity contribution >= 4 is 51.7 Å². The lowest BCUT2D eigenvalue weighted by Gasteiger charge is -2.11. The number of aromatic nitrogens is 4. The number of hydrogen-bond donors (Lipinski definition) is 0. The van der Waals surface area contributed by atoms with Crippen LogP contribution in [0.3, 0.4) is 0 Å². The van der Waals surface area contributed by atoms with Crippen LogP contribution in [0.1, 0.15) is 16.4 Å². The number of fused-ring (bicyclic) bond motifs is 1. The number of anilines is 1. The monoisotopic (exact) mass is 363 g/mol. The molecule has 0 fully saturated rings. The summed E-state index contributed by atoms with van der Waals surface area (Å²) in [7, 11) is 3.79. The van der Waals surface area contributed by atoms with Gasteiger partial charge in [-0.25, -0.2) is 15.0 Å². The molecule has 1 atom stereocenters. The molecule has 0 bridgehead atoms. The van der Waals surface area contributed by atoms with Crippen molar-refractivity contribution in [3.63, 3.8) is 0 Å². The number of carbonyl (C=O) groups excluding carboxylic acids is 1. The second kappa shape index (κ2) is 4.81. The van der Waals surface area contributed by atoms with Crippen molar-refractivity contribution < 1.29 is 4.79 Å². The van der Waals surface area contributed by atoms with Crippen LogP contribution < -0.4 is 4.90 Å². The first-order chi connectivity index (χ1) is 8.08. The molecule has 0 amide bonds. The average molecular weight is 363 g/mol. The van der Waals surface area contributed by atoms with Gasteiger partial charge in [0.25, 0.3) is 0 Å². The van der Waals surface area contributed by atoms with Crippen molar-refractivity contribution in [3.05, 3.63) is 11.6 Å². The smallest absolute Gasteiger partial charge is 0.185 e. The Bertz CT molecular complexity index is 582. The highest BCUT2D eigenvalue weighted by Crippen LogP contribution is 2.32. The van der Waals surface area contributed by atoms with Gasteiger partial charge < -0.3 is 4.90 Å². The quantitative estimate of drug-likeness (QED) is 0.473. The molecule has 0 saturated carbocycles. The van der Waals surface area contributed by atoms with E-state index in [4.69, 9.17) is 0 Å². The fourth-order valence-corrected chi connectivity index (χ4v) is 3.39. The van der Waals surface area contributed by atoms with Crippen LogP contribution in [0.4, 0.5) is 5.82 Å². The van der Waals surface area contributed by atoms with Crippen LogP contribution >= 0.6 is 28.4 Å². The minimum atomic E-state index is 0.384. The van der Waals surface area contributed by atoms with E-state index in [0.29, 0.717) is 23.5 Å². The first kappa shape index (κ1) is 12.6. The Labute approximate surface area is 113 Å². The molecule has 0 saturated heterocycles. The first-order valence-corrected chi connectivity index (χ1v) is 8.91. The Kier molecular flexibility index (Phi) is 3.58. The Hall–Kier alpha value is -0.820. The highest BCUT2D eigenvalue weighted by molar-refractivity contribution is 14.2. The normalized spacial score (nSPS) is 11.5. The lowest BCUT2D eigenvalue weighted by Crippen LogP contribution is -2.12. The molecule has 0 aromatic carbocycles. The predicted octanol–water partition coefficient (Wildman–Crippen LogP) is 1.80. The molecule has 2 heterocycles. The lowest BCUT2D eigenvalue weighted by atomic mass is 10.4. The third-order valence-corrected chi connectivity index (χ3v) is 4.30. The standard InChI is InChI=1S/C9H11IN5OP/c1-5-11-8(14(2)3)7-9(12-5)15(17-10)6(4-16)13-7/h4,17H,1-3H3. The van der Waals surface area contributed by atoms with E-state index < -0.39 is 0 Å². The molecule has 2 aromatic heterocycles. The van der Waals surface area contributed by atoms with Gasteiger partial charge in [0.2, 0.25) is 0 Å². The van der Waals surface area contributed by atoms with E-state index in [2.05, 4.69) is 37.0 Å². The van der Waals surface area contributed by atoms with Crippen LogP contribution in [0.2, 0.25) is 0 Å². The Balaban J connectivity index is 2.86. The van der Waals surface area contributed by atoms with Crippen molar-refractivity contribution in [1.82, 2.24) is 19.3 Å². The van der Waals surface area contributed by atoms with Gasteiger partial charge in [0.05, 0.1) is 6.37 Å². The summed E-state index contributed by atoms with van der Waals surface area (Å²) in [6, 6.07) is 0. The van der Waals surface area contributed by atoms with Crippen LogP contribution in [0, 0.1) is 6.92 Å². The fraction of sp³-hybridized carbons (Fsp3) is 0.333. The topological polar surface area (TPSA) is 63.9 Å². The maximum Gasteiger partial charge on any atom is 0.185 e. The third-order valence-electron chi connectivity index (χ3n) is 2.24. The molecule has 90 valence electrons. The number of imidazole rings is 1. The number of aryl methyl sites for hydroxylation is 1. The van der Waals surface area contributed by atoms with E-state index in [1.807, 2.05) is 30.3 Å². The third kappa shape index (κ3) is 2.13. The van der Waals surface area contributed by atoms with Crippen molar-refractivity contribution in [1.29, 1.82) is 0 Å².